The largest absolute Gasteiger partial charge is 0.472 e. The van der Waals surface area contributed by atoms with Crippen molar-refractivity contribution in [2.45, 2.75) is 12.8 Å². The highest BCUT2D eigenvalue weighted by atomic mass is 32.1. The van der Waals surface area contributed by atoms with Crippen molar-refractivity contribution in [3.63, 3.8) is 0 Å². The van der Waals surface area contributed by atoms with Crippen LogP contribution in [0.5, 0.6) is 0 Å². The van der Waals surface area contributed by atoms with Gasteiger partial charge in [0.05, 0.1) is 24.1 Å². The molecule has 6 nitrogen and oxygen atoms in total. The van der Waals surface area contributed by atoms with E-state index in [1.165, 1.54) is 36.7 Å². The third kappa shape index (κ3) is 4.24. The molecule has 128 valence electrons. The Kier molecular flexibility index (Phi) is 5.32. The minimum atomic E-state index is -0.299. The predicted molar refractivity (Wildman–Crippen MR) is 91.5 cm³/mol. The molecule has 0 unspecified atom stereocenters. The quantitative estimate of drug-likeness (QED) is 0.744. The molecule has 1 N–H and O–H groups in total. The first-order valence-electron chi connectivity index (χ1n) is 7.89. The van der Waals surface area contributed by atoms with Crippen molar-refractivity contribution >= 4 is 28.8 Å². The summed E-state index contributed by atoms with van der Waals surface area (Å²) in [4.78, 5) is 26.8. The van der Waals surface area contributed by atoms with Crippen molar-refractivity contribution < 1.29 is 18.7 Å². The molecule has 0 radical (unpaired) electrons. The van der Waals surface area contributed by atoms with Crippen LogP contribution >= 0.6 is 11.3 Å². The summed E-state index contributed by atoms with van der Waals surface area (Å²) >= 11 is 1.31. The molecule has 0 aromatic carbocycles. The average molecular weight is 348 g/mol. The third-order valence-electron chi connectivity index (χ3n) is 3.86. The molecular formula is C17H20N2O4S. The molecule has 2 aromatic rings. The van der Waals surface area contributed by atoms with Crippen molar-refractivity contribution in [3.8, 4) is 0 Å². The number of hydrogen-bond donors (Lipinski definition) is 1. The summed E-state index contributed by atoms with van der Waals surface area (Å²) in [6.45, 7) is 1.84. The first kappa shape index (κ1) is 16.7. The highest BCUT2D eigenvalue weighted by molar-refractivity contribution is 7.12. The fraction of sp³-hybridized carbons (Fsp3) is 0.412. The van der Waals surface area contributed by atoms with Gasteiger partial charge in [-0.15, -0.1) is 11.3 Å². The van der Waals surface area contributed by atoms with Crippen LogP contribution in [0.3, 0.4) is 0 Å². The standard InChI is InChI=1S/C17H20N2O4S/c1-19(6-8-23-10-12-2-3-12)17(21)15-14(5-9-24-15)18-16(20)13-4-7-22-11-13/h4-5,7,9,11-12H,2-3,6,8,10H2,1H3,(H,18,20). The van der Waals surface area contributed by atoms with E-state index in [0.717, 1.165) is 6.61 Å². The van der Waals surface area contributed by atoms with Crippen molar-refractivity contribution in [2.24, 2.45) is 5.92 Å². The number of nitrogens with zero attached hydrogens (tertiary/aromatic N) is 1. The van der Waals surface area contributed by atoms with Crippen molar-refractivity contribution in [2.75, 3.05) is 32.1 Å². The third-order valence-corrected chi connectivity index (χ3v) is 4.76. The highest BCUT2D eigenvalue weighted by Gasteiger charge is 2.22. The van der Waals surface area contributed by atoms with Crippen LogP contribution in [0.25, 0.3) is 0 Å². The molecule has 0 aliphatic heterocycles. The van der Waals surface area contributed by atoms with Gasteiger partial charge in [-0.1, -0.05) is 0 Å². The molecular weight excluding hydrogens is 328 g/mol. The van der Waals surface area contributed by atoms with Crippen molar-refractivity contribution in [1.82, 2.24) is 4.90 Å². The highest BCUT2D eigenvalue weighted by Crippen LogP contribution is 2.28. The number of furan rings is 1. The Balaban J connectivity index is 1.54. The fourth-order valence-electron chi connectivity index (χ4n) is 2.17. The number of anilines is 1. The number of carbonyl (C=O) groups excluding carboxylic acids is 2. The Morgan fingerprint density at radius 1 is 1.42 bits per heavy atom. The van der Waals surface area contributed by atoms with Crippen LogP contribution in [0.2, 0.25) is 0 Å². The van der Waals surface area contributed by atoms with Crippen LogP contribution < -0.4 is 5.32 Å². The Hall–Kier alpha value is -2.12. The number of carbonyl (C=O) groups is 2. The maximum absolute atomic E-state index is 12.5. The van der Waals surface area contributed by atoms with Gasteiger partial charge < -0.3 is 19.4 Å². The lowest BCUT2D eigenvalue weighted by atomic mass is 10.3. The molecule has 1 aliphatic carbocycles. The topological polar surface area (TPSA) is 71.8 Å². The normalized spacial score (nSPS) is 13.7. The van der Waals surface area contributed by atoms with Crippen LogP contribution in [0.15, 0.2) is 34.5 Å². The maximum Gasteiger partial charge on any atom is 0.265 e. The molecule has 0 saturated heterocycles. The second-order valence-corrected chi connectivity index (χ2v) is 6.79. The zero-order valence-electron chi connectivity index (χ0n) is 13.5. The summed E-state index contributed by atoms with van der Waals surface area (Å²) in [6, 6.07) is 3.31. The number of hydrogen-bond acceptors (Lipinski definition) is 5. The fourth-order valence-corrected chi connectivity index (χ4v) is 3.02. The summed E-state index contributed by atoms with van der Waals surface area (Å²) < 4.78 is 10.5. The van der Waals surface area contributed by atoms with Gasteiger partial charge in [-0.3, -0.25) is 9.59 Å². The van der Waals surface area contributed by atoms with E-state index in [1.54, 1.807) is 29.5 Å². The van der Waals surface area contributed by atoms with Gasteiger partial charge in [0.2, 0.25) is 0 Å². The van der Waals surface area contributed by atoms with Crippen LogP contribution in [0, 0.1) is 5.92 Å². The van der Waals surface area contributed by atoms with Crippen LogP contribution in [-0.4, -0.2) is 43.5 Å². The van der Waals surface area contributed by atoms with E-state index in [1.807, 2.05) is 0 Å². The summed E-state index contributed by atoms with van der Waals surface area (Å²) in [5.74, 6) is 0.294. The first-order chi connectivity index (χ1) is 11.6. The zero-order valence-corrected chi connectivity index (χ0v) is 14.3. The predicted octanol–water partition coefficient (Wildman–Crippen LogP) is 3.09. The summed E-state index contributed by atoms with van der Waals surface area (Å²) in [6.07, 6.45) is 5.31. The molecule has 0 bridgehead atoms. The van der Waals surface area contributed by atoms with Gasteiger partial charge in [0.25, 0.3) is 11.8 Å². The lowest BCUT2D eigenvalue weighted by Crippen LogP contribution is -2.30. The van der Waals surface area contributed by atoms with Crippen molar-refractivity contribution in [3.05, 3.63) is 40.5 Å². The van der Waals surface area contributed by atoms with E-state index in [0.29, 0.717) is 35.2 Å². The second kappa shape index (κ2) is 7.63. The Bertz CT molecular complexity index is 691. The second-order valence-electron chi connectivity index (χ2n) is 5.87. The Labute approximate surface area is 144 Å². The van der Waals surface area contributed by atoms with Gasteiger partial charge in [-0.2, -0.15) is 0 Å². The summed E-state index contributed by atoms with van der Waals surface area (Å²) in [5.41, 5.74) is 0.934. The number of nitrogens with one attached hydrogen (secondary N) is 1. The molecule has 2 aromatic heterocycles. The van der Waals surface area contributed by atoms with Crippen molar-refractivity contribution in [1.29, 1.82) is 0 Å². The van der Waals surface area contributed by atoms with Gasteiger partial charge >= 0.3 is 0 Å². The zero-order chi connectivity index (χ0) is 16.9. The molecule has 1 saturated carbocycles. The van der Waals surface area contributed by atoms with E-state index in [2.05, 4.69) is 5.32 Å². The number of thiophene rings is 1. The van der Waals surface area contributed by atoms with E-state index >= 15 is 0 Å². The first-order valence-corrected chi connectivity index (χ1v) is 8.77. The number of ether oxygens (including phenoxy) is 1. The van der Waals surface area contributed by atoms with E-state index in [4.69, 9.17) is 9.15 Å². The minimum absolute atomic E-state index is 0.123. The molecule has 24 heavy (non-hydrogen) atoms. The van der Waals surface area contributed by atoms with Crippen LogP contribution in [0.1, 0.15) is 32.9 Å². The van der Waals surface area contributed by atoms with E-state index in [9.17, 15) is 9.59 Å². The molecule has 1 aliphatic rings. The van der Waals surface area contributed by atoms with Crippen LogP contribution in [-0.2, 0) is 4.74 Å². The van der Waals surface area contributed by atoms with Gasteiger partial charge in [-0.05, 0) is 36.3 Å². The minimum Gasteiger partial charge on any atom is -0.472 e. The molecule has 0 atom stereocenters. The average Bonchev–Trinajstić information content (AvgIpc) is 3.04. The number of amides is 2. The molecule has 7 heteroatoms. The Morgan fingerprint density at radius 2 is 2.25 bits per heavy atom. The molecule has 1 fully saturated rings. The Morgan fingerprint density at radius 3 is 2.96 bits per heavy atom. The van der Waals surface area contributed by atoms with Gasteiger partial charge in [0, 0.05) is 20.2 Å². The van der Waals surface area contributed by atoms with Crippen LogP contribution in [0.4, 0.5) is 5.69 Å². The van der Waals surface area contributed by atoms with E-state index < -0.39 is 0 Å². The van der Waals surface area contributed by atoms with Gasteiger partial charge in [0.1, 0.15) is 11.1 Å². The molecule has 2 heterocycles. The summed E-state index contributed by atoms with van der Waals surface area (Å²) in [7, 11) is 1.74. The maximum atomic E-state index is 12.5. The monoisotopic (exact) mass is 348 g/mol. The SMILES string of the molecule is CN(CCOCC1CC1)C(=O)c1sccc1NC(=O)c1ccoc1. The summed E-state index contributed by atoms with van der Waals surface area (Å²) in [5, 5.41) is 4.54. The van der Waals surface area contributed by atoms with E-state index in [-0.39, 0.29) is 11.8 Å². The number of rotatable bonds is 8. The number of likely N-dealkylation sites (N-methyl/N-ethyl adjacent to an activating group) is 1. The lowest BCUT2D eigenvalue weighted by Gasteiger charge is -2.17. The molecule has 0 spiro atoms. The molecule has 3 rings (SSSR count). The lowest BCUT2D eigenvalue weighted by molar-refractivity contribution is 0.0686. The van der Waals surface area contributed by atoms with Gasteiger partial charge in [0.15, 0.2) is 0 Å². The smallest absolute Gasteiger partial charge is 0.265 e. The van der Waals surface area contributed by atoms with Gasteiger partial charge in [-0.25, -0.2) is 0 Å². The molecule has 2 amide bonds.